The van der Waals surface area contributed by atoms with Gasteiger partial charge in [-0.05, 0) is 66.7 Å². The normalized spacial score (nSPS) is 15.8. The molecule has 34 heavy (non-hydrogen) atoms. The highest BCUT2D eigenvalue weighted by molar-refractivity contribution is 8.18. The van der Waals surface area contributed by atoms with E-state index < -0.39 is 5.97 Å². The average molecular weight is 493 g/mol. The smallest absolute Gasteiger partial charge is 0.335 e. The molecule has 0 saturated carbocycles. The van der Waals surface area contributed by atoms with Crippen LogP contribution in [0.5, 0.6) is 5.75 Å². The molecule has 1 amide bonds. The number of ether oxygens (including phenoxy) is 1. The van der Waals surface area contributed by atoms with Crippen LogP contribution < -0.4 is 4.74 Å². The van der Waals surface area contributed by atoms with E-state index in [-0.39, 0.29) is 11.5 Å². The molecule has 6 nitrogen and oxygen atoms in total. The fraction of sp³-hybridized carbons (Fsp3) is 0.115. The molecule has 0 aliphatic carbocycles. The third-order valence-corrected chi connectivity index (χ3v) is 6.29. The number of para-hydroxylation sites is 1. The van der Waals surface area contributed by atoms with Gasteiger partial charge in [0.2, 0.25) is 0 Å². The summed E-state index contributed by atoms with van der Waals surface area (Å²) in [7, 11) is 0. The van der Waals surface area contributed by atoms with E-state index in [0.29, 0.717) is 39.7 Å². The van der Waals surface area contributed by atoms with Gasteiger partial charge < -0.3 is 9.84 Å². The van der Waals surface area contributed by atoms with E-state index in [1.807, 2.05) is 55.5 Å². The van der Waals surface area contributed by atoms with Crippen molar-refractivity contribution in [2.24, 2.45) is 4.99 Å². The number of thioether (sulfide) groups is 1. The zero-order valence-corrected chi connectivity index (χ0v) is 19.8. The molecule has 172 valence electrons. The second-order valence-corrected chi connectivity index (χ2v) is 8.81. The highest BCUT2D eigenvalue weighted by Crippen LogP contribution is 2.35. The first-order chi connectivity index (χ1) is 16.4. The molecule has 0 aromatic heterocycles. The highest BCUT2D eigenvalue weighted by Gasteiger charge is 2.32. The van der Waals surface area contributed by atoms with Crippen LogP contribution in [0.2, 0.25) is 5.02 Å². The van der Waals surface area contributed by atoms with E-state index in [0.717, 1.165) is 11.1 Å². The minimum absolute atomic E-state index is 0.141. The van der Waals surface area contributed by atoms with Crippen LogP contribution in [-0.2, 0) is 11.4 Å². The van der Waals surface area contributed by atoms with Crippen molar-refractivity contribution in [1.29, 1.82) is 0 Å². The van der Waals surface area contributed by atoms with E-state index in [9.17, 15) is 14.7 Å². The summed E-state index contributed by atoms with van der Waals surface area (Å²) in [5.74, 6) is -0.533. The summed E-state index contributed by atoms with van der Waals surface area (Å²) in [5, 5.41) is 10.4. The molecule has 0 radical (unpaired) electrons. The van der Waals surface area contributed by atoms with Crippen LogP contribution in [0.15, 0.2) is 82.7 Å². The molecule has 1 aliphatic rings. The monoisotopic (exact) mass is 492 g/mol. The maximum Gasteiger partial charge on any atom is 0.335 e. The van der Waals surface area contributed by atoms with E-state index >= 15 is 0 Å². The number of benzene rings is 3. The maximum atomic E-state index is 13.0. The van der Waals surface area contributed by atoms with Crippen molar-refractivity contribution in [3.05, 3.63) is 99.4 Å². The Morgan fingerprint density at radius 2 is 1.88 bits per heavy atom. The molecule has 4 rings (SSSR count). The number of rotatable bonds is 7. The number of carboxylic acids is 1. The summed E-state index contributed by atoms with van der Waals surface area (Å²) < 4.78 is 6.01. The Labute approximate surface area is 206 Å². The molecule has 0 bridgehead atoms. The molecule has 8 heteroatoms. The topological polar surface area (TPSA) is 79.2 Å². The minimum atomic E-state index is -1.03. The fourth-order valence-electron chi connectivity index (χ4n) is 3.30. The van der Waals surface area contributed by atoms with Gasteiger partial charge in [0, 0.05) is 17.1 Å². The minimum Gasteiger partial charge on any atom is -0.488 e. The van der Waals surface area contributed by atoms with E-state index in [1.165, 1.54) is 23.9 Å². The largest absolute Gasteiger partial charge is 0.488 e. The number of hydrogen-bond donors (Lipinski definition) is 1. The van der Waals surface area contributed by atoms with Crippen molar-refractivity contribution in [2.45, 2.75) is 13.5 Å². The van der Waals surface area contributed by atoms with Crippen LogP contribution in [0.1, 0.15) is 28.4 Å². The standard InChI is InChI=1S/C26H21ClN2O4S/c1-2-29-24(30)23(34-26(29)28-21-8-5-7-19(14-21)25(31)32)15-18-6-3-4-9-22(18)33-16-17-10-12-20(27)13-11-17/h3-15H,2,16H2,1H3,(H,31,32)/b23-15+,28-26?. The van der Waals surface area contributed by atoms with Gasteiger partial charge in [-0.15, -0.1) is 0 Å². The lowest BCUT2D eigenvalue weighted by Gasteiger charge is -2.12. The first-order valence-electron chi connectivity index (χ1n) is 10.5. The number of aromatic carboxylic acids is 1. The third kappa shape index (κ3) is 5.50. The first kappa shape index (κ1) is 23.6. The van der Waals surface area contributed by atoms with Crippen molar-refractivity contribution >= 4 is 52.2 Å². The quantitative estimate of drug-likeness (QED) is 0.395. The Morgan fingerprint density at radius 3 is 2.62 bits per heavy atom. The van der Waals surface area contributed by atoms with Gasteiger partial charge in [-0.1, -0.05) is 48.0 Å². The Kier molecular flexibility index (Phi) is 7.35. The summed E-state index contributed by atoms with van der Waals surface area (Å²) in [4.78, 5) is 30.9. The van der Waals surface area contributed by atoms with Crippen LogP contribution in [-0.4, -0.2) is 33.6 Å². The lowest BCUT2D eigenvalue weighted by Crippen LogP contribution is -2.28. The summed E-state index contributed by atoms with van der Waals surface area (Å²) >= 11 is 7.20. The zero-order valence-electron chi connectivity index (χ0n) is 18.3. The van der Waals surface area contributed by atoms with Crippen molar-refractivity contribution < 1.29 is 19.4 Å². The van der Waals surface area contributed by atoms with E-state index in [4.69, 9.17) is 16.3 Å². The van der Waals surface area contributed by atoms with Crippen LogP contribution in [0, 0.1) is 0 Å². The van der Waals surface area contributed by atoms with Gasteiger partial charge >= 0.3 is 5.97 Å². The summed E-state index contributed by atoms with van der Waals surface area (Å²) in [5.41, 5.74) is 2.37. The molecule has 0 unspecified atom stereocenters. The van der Waals surface area contributed by atoms with Gasteiger partial charge in [-0.3, -0.25) is 9.69 Å². The summed E-state index contributed by atoms with van der Waals surface area (Å²) in [6.45, 7) is 2.68. The molecule has 1 heterocycles. The molecule has 1 fully saturated rings. The number of halogens is 1. The van der Waals surface area contributed by atoms with Crippen molar-refractivity contribution in [3.8, 4) is 5.75 Å². The van der Waals surface area contributed by atoms with Crippen LogP contribution >= 0.6 is 23.4 Å². The van der Waals surface area contributed by atoms with Gasteiger partial charge in [0.25, 0.3) is 5.91 Å². The van der Waals surface area contributed by atoms with Crippen LogP contribution in [0.25, 0.3) is 6.08 Å². The molecule has 0 atom stereocenters. The third-order valence-electron chi connectivity index (χ3n) is 5.04. The Balaban J connectivity index is 1.58. The lowest BCUT2D eigenvalue weighted by molar-refractivity contribution is -0.122. The van der Waals surface area contributed by atoms with Crippen molar-refractivity contribution in [2.75, 3.05) is 6.54 Å². The summed E-state index contributed by atoms with van der Waals surface area (Å²) in [6, 6.07) is 21.3. The highest BCUT2D eigenvalue weighted by atomic mass is 35.5. The van der Waals surface area contributed by atoms with Gasteiger partial charge in [-0.2, -0.15) is 0 Å². The molecule has 0 spiro atoms. The fourth-order valence-corrected chi connectivity index (χ4v) is 4.48. The van der Waals surface area contributed by atoms with Crippen LogP contribution in [0.3, 0.4) is 0 Å². The lowest BCUT2D eigenvalue weighted by atomic mass is 10.1. The number of carbonyl (C=O) groups excluding carboxylic acids is 1. The van der Waals surface area contributed by atoms with E-state index in [2.05, 4.69) is 4.99 Å². The van der Waals surface area contributed by atoms with Gasteiger partial charge in [0.05, 0.1) is 16.2 Å². The van der Waals surface area contributed by atoms with Gasteiger partial charge in [0.1, 0.15) is 12.4 Å². The molecule has 1 saturated heterocycles. The molecule has 3 aromatic rings. The number of carboxylic acid groups (broad SMARTS) is 1. The van der Waals surface area contributed by atoms with Crippen molar-refractivity contribution in [1.82, 2.24) is 4.90 Å². The van der Waals surface area contributed by atoms with Gasteiger partial charge in [0.15, 0.2) is 5.17 Å². The number of amides is 1. The number of hydrogen-bond acceptors (Lipinski definition) is 5. The SMILES string of the molecule is CCN1C(=O)/C(=C\c2ccccc2OCc2ccc(Cl)cc2)SC1=Nc1cccc(C(=O)O)c1. The zero-order chi connectivity index (χ0) is 24.1. The second kappa shape index (κ2) is 10.6. The Bertz CT molecular complexity index is 1290. The number of likely N-dealkylation sites (N-methyl/N-ethyl adjacent to an activating group) is 1. The van der Waals surface area contributed by atoms with E-state index in [1.54, 1.807) is 23.1 Å². The Hall–Kier alpha value is -3.55. The first-order valence-corrected chi connectivity index (χ1v) is 11.7. The number of amidine groups is 1. The number of carbonyl (C=O) groups is 2. The molecule has 1 N–H and O–H groups in total. The number of aliphatic imine (C=N–C) groups is 1. The molecular formula is C26H21ClN2O4S. The predicted molar refractivity (Wildman–Crippen MR) is 136 cm³/mol. The van der Waals surface area contributed by atoms with Crippen LogP contribution in [0.4, 0.5) is 5.69 Å². The second-order valence-electron chi connectivity index (χ2n) is 7.36. The average Bonchev–Trinajstić information content (AvgIpc) is 3.13. The molecular weight excluding hydrogens is 472 g/mol. The molecule has 1 aliphatic heterocycles. The summed E-state index contributed by atoms with van der Waals surface area (Å²) in [6.07, 6.45) is 1.79. The maximum absolute atomic E-state index is 13.0. The van der Waals surface area contributed by atoms with Gasteiger partial charge in [-0.25, -0.2) is 9.79 Å². The predicted octanol–water partition coefficient (Wildman–Crippen LogP) is 6.24. The number of nitrogens with zero attached hydrogens (tertiary/aromatic N) is 2. The molecule has 3 aromatic carbocycles. The van der Waals surface area contributed by atoms with Crippen molar-refractivity contribution in [3.63, 3.8) is 0 Å². The Morgan fingerprint density at radius 1 is 1.12 bits per heavy atom.